The summed E-state index contributed by atoms with van der Waals surface area (Å²) in [5.74, 6) is 0.278. The number of alkyl halides is 2. The maximum atomic E-state index is 13.4. The summed E-state index contributed by atoms with van der Waals surface area (Å²) < 4.78 is 40.2. The fraction of sp³-hybridized carbons (Fsp3) is 0.476. The Hall–Kier alpha value is -3.24. The van der Waals surface area contributed by atoms with E-state index in [1.165, 1.54) is 16.9 Å². The van der Waals surface area contributed by atoms with Crippen molar-refractivity contribution < 1.29 is 18.0 Å². The van der Waals surface area contributed by atoms with Gasteiger partial charge in [-0.1, -0.05) is 0 Å². The van der Waals surface area contributed by atoms with Crippen LogP contribution < -0.4 is 4.90 Å². The summed E-state index contributed by atoms with van der Waals surface area (Å²) in [5, 5.41) is 3.96. The molecule has 8 nitrogen and oxygen atoms in total. The number of pyridine rings is 1. The number of fused-ring (bicyclic) bond motifs is 1. The molecule has 0 unspecified atom stereocenters. The molecule has 168 valence electrons. The van der Waals surface area contributed by atoms with E-state index in [0.29, 0.717) is 55.1 Å². The lowest BCUT2D eigenvalue weighted by Crippen LogP contribution is -2.42. The van der Waals surface area contributed by atoms with Crippen LogP contribution in [0.4, 0.5) is 19.0 Å². The fourth-order valence-corrected chi connectivity index (χ4v) is 4.69. The van der Waals surface area contributed by atoms with E-state index in [4.69, 9.17) is 0 Å². The molecule has 0 aromatic carbocycles. The molecule has 0 saturated carbocycles. The van der Waals surface area contributed by atoms with Gasteiger partial charge in [-0.3, -0.25) is 9.78 Å². The van der Waals surface area contributed by atoms with Crippen LogP contribution in [0.2, 0.25) is 0 Å². The van der Waals surface area contributed by atoms with E-state index in [2.05, 4.69) is 25.0 Å². The molecule has 0 atom stereocenters. The molecule has 3 aromatic heterocycles. The number of likely N-dealkylation sites (tertiary alicyclic amines) is 1. The van der Waals surface area contributed by atoms with Gasteiger partial charge in [0.15, 0.2) is 5.65 Å². The topological polar surface area (TPSA) is 80.0 Å². The lowest BCUT2D eigenvalue weighted by molar-refractivity contribution is -0.128. The highest BCUT2D eigenvalue weighted by Gasteiger charge is 2.45. The van der Waals surface area contributed by atoms with Gasteiger partial charge in [0.05, 0.1) is 18.6 Å². The average molecular weight is 445 g/mol. The lowest BCUT2D eigenvalue weighted by Gasteiger charge is -2.39. The molecule has 0 radical (unpaired) electrons. The van der Waals surface area contributed by atoms with Crippen LogP contribution in [0.5, 0.6) is 0 Å². The minimum Gasteiger partial charge on any atom is -0.355 e. The highest BCUT2D eigenvalue weighted by atomic mass is 19.3. The minimum atomic E-state index is -2.52. The van der Waals surface area contributed by atoms with Crippen LogP contribution in [-0.4, -0.2) is 61.6 Å². The Bertz CT molecular complexity index is 1140. The van der Waals surface area contributed by atoms with Crippen molar-refractivity contribution in [2.45, 2.75) is 38.8 Å². The number of carbonyl (C=O) groups is 1. The van der Waals surface area contributed by atoms with Crippen molar-refractivity contribution in [3.8, 4) is 0 Å². The van der Waals surface area contributed by atoms with Crippen LogP contribution in [0.1, 0.15) is 24.8 Å². The SMILES string of the molecule is O=C1CC2(CCN(c3cnc4cnn(CC(F)F)c4n3)CC2)CN1Cc1cncc(F)c1. The summed E-state index contributed by atoms with van der Waals surface area (Å²) in [7, 11) is 0. The number of nitrogens with zero attached hydrogens (tertiary/aromatic N) is 7. The third kappa shape index (κ3) is 3.98. The van der Waals surface area contributed by atoms with Crippen molar-refractivity contribution in [2.24, 2.45) is 5.41 Å². The maximum absolute atomic E-state index is 13.4. The van der Waals surface area contributed by atoms with Gasteiger partial charge in [0.1, 0.15) is 23.7 Å². The number of anilines is 1. The Morgan fingerprint density at radius 1 is 1.12 bits per heavy atom. The zero-order valence-corrected chi connectivity index (χ0v) is 17.3. The molecule has 5 heterocycles. The van der Waals surface area contributed by atoms with Gasteiger partial charge in [0.25, 0.3) is 6.43 Å². The normalized spacial score (nSPS) is 18.4. The quantitative estimate of drug-likeness (QED) is 0.601. The Morgan fingerprint density at radius 2 is 1.94 bits per heavy atom. The first kappa shape index (κ1) is 20.7. The van der Waals surface area contributed by atoms with E-state index in [9.17, 15) is 18.0 Å². The highest BCUT2D eigenvalue weighted by Crippen LogP contribution is 2.42. The maximum Gasteiger partial charge on any atom is 0.258 e. The molecule has 2 fully saturated rings. The Balaban J connectivity index is 1.26. The predicted octanol–water partition coefficient (Wildman–Crippen LogP) is 2.64. The number of carbonyl (C=O) groups excluding carboxylic acids is 1. The van der Waals surface area contributed by atoms with Gasteiger partial charge in [0, 0.05) is 44.2 Å². The predicted molar refractivity (Wildman–Crippen MR) is 109 cm³/mol. The van der Waals surface area contributed by atoms with Crippen molar-refractivity contribution in [2.75, 3.05) is 24.5 Å². The molecule has 0 aliphatic carbocycles. The molecular formula is C21H22F3N7O. The van der Waals surface area contributed by atoms with E-state index >= 15 is 0 Å². The van der Waals surface area contributed by atoms with Gasteiger partial charge < -0.3 is 9.80 Å². The van der Waals surface area contributed by atoms with E-state index < -0.39 is 18.8 Å². The molecule has 0 bridgehead atoms. The van der Waals surface area contributed by atoms with E-state index in [1.807, 2.05) is 0 Å². The van der Waals surface area contributed by atoms with Crippen molar-refractivity contribution in [3.63, 3.8) is 0 Å². The van der Waals surface area contributed by atoms with Crippen LogP contribution >= 0.6 is 0 Å². The standard InChI is InChI=1S/C21H22F3N7O/c22-15-5-14(7-25-8-15)11-30-13-21(6-19(30)32)1-3-29(4-2-21)18-10-26-16-9-27-31(12-17(23)24)20(16)28-18/h5,7-10,17H,1-4,6,11-13H2. The summed E-state index contributed by atoms with van der Waals surface area (Å²) in [6.07, 6.45) is 5.34. The molecule has 32 heavy (non-hydrogen) atoms. The van der Waals surface area contributed by atoms with E-state index in [1.54, 1.807) is 17.3 Å². The second-order valence-electron chi connectivity index (χ2n) is 8.58. The number of piperidine rings is 1. The molecule has 11 heteroatoms. The summed E-state index contributed by atoms with van der Waals surface area (Å²) in [6.45, 7) is 1.83. The molecule has 5 rings (SSSR count). The third-order valence-electron chi connectivity index (χ3n) is 6.33. The fourth-order valence-electron chi connectivity index (χ4n) is 4.69. The Morgan fingerprint density at radius 3 is 2.69 bits per heavy atom. The van der Waals surface area contributed by atoms with Gasteiger partial charge >= 0.3 is 0 Å². The van der Waals surface area contributed by atoms with Crippen molar-refractivity contribution >= 4 is 22.9 Å². The first-order valence-electron chi connectivity index (χ1n) is 10.5. The summed E-state index contributed by atoms with van der Waals surface area (Å²) in [5.41, 5.74) is 1.38. The second-order valence-corrected chi connectivity index (χ2v) is 8.58. The molecule has 2 aliphatic heterocycles. The number of hydrogen-bond donors (Lipinski definition) is 0. The van der Waals surface area contributed by atoms with Crippen LogP contribution in [0.15, 0.2) is 30.9 Å². The average Bonchev–Trinajstić information content (AvgIpc) is 3.28. The van der Waals surface area contributed by atoms with Crippen molar-refractivity contribution in [1.29, 1.82) is 0 Å². The van der Waals surface area contributed by atoms with Gasteiger partial charge in [-0.05, 0) is 24.5 Å². The number of rotatable bonds is 5. The van der Waals surface area contributed by atoms with Gasteiger partial charge in [-0.25, -0.2) is 27.8 Å². The lowest BCUT2D eigenvalue weighted by atomic mass is 9.77. The highest BCUT2D eigenvalue weighted by molar-refractivity contribution is 5.79. The molecule has 0 N–H and O–H groups in total. The van der Waals surface area contributed by atoms with Crippen molar-refractivity contribution in [1.82, 2.24) is 29.6 Å². The van der Waals surface area contributed by atoms with E-state index in [0.717, 1.165) is 19.0 Å². The minimum absolute atomic E-state index is 0.0693. The molecule has 2 aliphatic rings. The van der Waals surface area contributed by atoms with Crippen LogP contribution in [0.25, 0.3) is 11.2 Å². The summed E-state index contributed by atoms with van der Waals surface area (Å²) in [4.78, 5) is 29.2. The smallest absolute Gasteiger partial charge is 0.258 e. The first-order valence-corrected chi connectivity index (χ1v) is 10.5. The van der Waals surface area contributed by atoms with Crippen molar-refractivity contribution in [3.05, 3.63) is 42.2 Å². The Labute approximate surface area is 182 Å². The largest absolute Gasteiger partial charge is 0.355 e. The Kier molecular flexibility index (Phi) is 5.18. The van der Waals surface area contributed by atoms with Gasteiger partial charge in [-0.15, -0.1) is 0 Å². The van der Waals surface area contributed by atoms with Crippen LogP contribution in [0.3, 0.4) is 0 Å². The number of hydrogen-bond acceptors (Lipinski definition) is 6. The molecular weight excluding hydrogens is 423 g/mol. The molecule has 1 amide bonds. The summed E-state index contributed by atoms with van der Waals surface area (Å²) in [6, 6.07) is 1.40. The molecule has 3 aromatic rings. The molecule has 2 saturated heterocycles. The van der Waals surface area contributed by atoms with Gasteiger partial charge in [-0.2, -0.15) is 5.10 Å². The second kappa shape index (κ2) is 8.03. The monoisotopic (exact) mass is 445 g/mol. The number of aromatic nitrogens is 5. The van der Waals surface area contributed by atoms with Crippen LogP contribution in [0, 0.1) is 11.2 Å². The number of amides is 1. The molecule has 1 spiro atoms. The zero-order valence-electron chi connectivity index (χ0n) is 17.3. The van der Waals surface area contributed by atoms with E-state index in [-0.39, 0.29) is 11.3 Å². The van der Waals surface area contributed by atoms with Gasteiger partial charge in [0.2, 0.25) is 5.91 Å². The van der Waals surface area contributed by atoms with Crippen LogP contribution in [-0.2, 0) is 17.9 Å². The third-order valence-corrected chi connectivity index (χ3v) is 6.33. The summed E-state index contributed by atoms with van der Waals surface area (Å²) >= 11 is 0. The number of halogens is 3. The zero-order chi connectivity index (χ0) is 22.3. The first-order chi connectivity index (χ1) is 15.4.